The Hall–Kier alpha value is -3.58. The van der Waals surface area contributed by atoms with Crippen molar-refractivity contribution < 1.29 is 4.39 Å². The van der Waals surface area contributed by atoms with Gasteiger partial charge in [-0.05, 0) is 99.1 Å². The second-order valence-electron chi connectivity index (χ2n) is 8.74. The zero-order valence-corrected chi connectivity index (χ0v) is 20.4. The molecule has 0 unspecified atom stereocenters. The lowest BCUT2D eigenvalue weighted by molar-refractivity contribution is 0.564. The number of aromatic nitrogens is 3. The van der Waals surface area contributed by atoms with Crippen LogP contribution >= 0.6 is 12.2 Å². The predicted octanol–water partition coefficient (Wildman–Crippen LogP) is 5.82. The van der Waals surface area contributed by atoms with E-state index in [2.05, 4.69) is 57.7 Å². The minimum atomic E-state index is -0.233. The topological polar surface area (TPSA) is 46.0 Å². The molecule has 2 atom stereocenters. The van der Waals surface area contributed by atoms with Gasteiger partial charge in [-0.1, -0.05) is 12.1 Å². The minimum absolute atomic E-state index is 0.169. The molecule has 1 aliphatic heterocycles. The van der Waals surface area contributed by atoms with Crippen LogP contribution in [0.3, 0.4) is 0 Å². The quantitative estimate of drug-likeness (QED) is 0.380. The molecule has 34 heavy (non-hydrogen) atoms. The van der Waals surface area contributed by atoms with Gasteiger partial charge >= 0.3 is 0 Å². The van der Waals surface area contributed by atoms with Gasteiger partial charge in [-0.3, -0.25) is 4.98 Å². The Balaban J connectivity index is 1.70. The first-order valence-corrected chi connectivity index (χ1v) is 11.6. The Kier molecular flexibility index (Phi) is 5.65. The van der Waals surface area contributed by atoms with E-state index in [9.17, 15) is 4.39 Å². The van der Waals surface area contributed by atoms with Gasteiger partial charge in [0.2, 0.25) is 0 Å². The Bertz CT molecular complexity index is 1380. The van der Waals surface area contributed by atoms with E-state index in [0.717, 1.165) is 39.7 Å². The fraction of sp³-hybridized carbons (Fsp3) is 0.222. The van der Waals surface area contributed by atoms with E-state index in [-0.39, 0.29) is 17.9 Å². The maximum absolute atomic E-state index is 14.1. The van der Waals surface area contributed by atoms with Crippen molar-refractivity contribution in [3.8, 4) is 5.82 Å². The molecule has 5 rings (SSSR count). The van der Waals surface area contributed by atoms with Crippen LogP contribution in [0, 0.1) is 33.5 Å². The number of halogens is 1. The van der Waals surface area contributed by atoms with Crippen molar-refractivity contribution in [2.45, 2.75) is 39.8 Å². The van der Waals surface area contributed by atoms with Gasteiger partial charge < -0.3 is 14.8 Å². The maximum atomic E-state index is 14.1. The van der Waals surface area contributed by atoms with Gasteiger partial charge in [-0.2, -0.15) is 0 Å². The summed E-state index contributed by atoms with van der Waals surface area (Å²) in [6.07, 6.45) is 3.61. The SMILES string of the molecule is Cc1cc(N2C(=S)N[C@H](c3ccccn3)[C@@H]2c2cc(C)n(-c3ncccc3C)c2C)ccc1F. The minimum Gasteiger partial charge on any atom is -0.351 e. The molecule has 1 N–H and O–H groups in total. The summed E-state index contributed by atoms with van der Waals surface area (Å²) in [5.74, 6) is 0.680. The maximum Gasteiger partial charge on any atom is 0.174 e. The molecule has 5 nitrogen and oxygen atoms in total. The summed E-state index contributed by atoms with van der Waals surface area (Å²) < 4.78 is 16.3. The molecule has 4 heterocycles. The van der Waals surface area contributed by atoms with Crippen LogP contribution in [0.1, 0.15) is 45.9 Å². The average Bonchev–Trinajstić information content (AvgIpc) is 3.32. The number of aryl methyl sites for hydroxylation is 3. The first-order chi connectivity index (χ1) is 16.4. The highest BCUT2D eigenvalue weighted by molar-refractivity contribution is 7.80. The Labute approximate surface area is 204 Å². The van der Waals surface area contributed by atoms with E-state index in [1.54, 1.807) is 19.2 Å². The van der Waals surface area contributed by atoms with Gasteiger partial charge in [0.15, 0.2) is 5.11 Å². The standard InChI is InChI=1S/C27H26FN5S/c1-16-8-7-13-30-26(16)32-18(3)15-21(19(32)4)25-24(23-9-5-6-12-29-23)31-27(34)33(25)20-10-11-22(28)17(2)14-20/h5-15,24-25H,1-4H3,(H,31,34)/t24-,25+/m1/s1. The zero-order chi connectivity index (χ0) is 24.0. The van der Waals surface area contributed by atoms with Crippen LogP contribution < -0.4 is 10.2 Å². The highest BCUT2D eigenvalue weighted by Gasteiger charge is 2.42. The van der Waals surface area contributed by atoms with Crippen LogP contribution in [-0.2, 0) is 0 Å². The molecule has 1 fully saturated rings. The van der Waals surface area contributed by atoms with Crippen LogP contribution in [0.5, 0.6) is 0 Å². The van der Waals surface area contributed by atoms with Gasteiger partial charge in [-0.15, -0.1) is 0 Å². The van der Waals surface area contributed by atoms with Crippen LogP contribution in [0.2, 0.25) is 0 Å². The Morgan fingerprint density at radius 1 is 0.912 bits per heavy atom. The van der Waals surface area contributed by atoms with Gasteiger partial charge in [0, 0.05) is 29.5 Å². The summed E-state index contributed by atoms with van der Waals surface area (Å²) in [6.45, 7) is 8.04. The first-order valence-electron chi connectivity index (χ1n) is 11.2. The number of hydrogen-bond donors (Lipinski definition) is 1. The molecule has 7 heteroatoms. The van der Waals surface area contributed by atoms with Crippen molar-refractivity contribution in [2.75, 3.05) is 4.90 Å². The van der Waals surface area contributed by atoms with Crippen molar-refractivity contribution >= 4 is 23.0 Å². The monoisotopic (exact) mass is 471 g/mol. The number of rotatable bonds is 4. The van der Waals surface area contributed by atoms with E-state index in [4.69, 9.17) is 12.2 Å². The van der Waals surface area contributed by atoms with Crippen LogP contribution in [0.15, 0.2) is 67.0 Å². The van der Waals surface area contributed by atoms with E-state index in [0.29, 0.717) is 10.7 Å². The van der Waals surface area contributed by atoms with E-state index >= 15 is 0 Å². The molecule has 0 aliphatic carbocycles. The van der Waals surface area contributed by atoms with Crippen molar-refractivity contribution in [1.82, 2.24) is 19.9 Å². The largest absolute Gasteiger partial charge is 0.351 e. The predicted molar refractivity (Wildman–Crippen MR) is 137 cm³/mol. The molecule has 0 spiro atoms. The molecule has 0 radical (unpaired) electrons. The van der Waals surface area contributed by atoms with Gasteiger partial charge in [0.05, 0.1) is 17.8 Å². The average molecular weight is 472 g/mol. The molecule has 0 saturated carbocycles. The number of hydrogen-bond acceptors (Lipinski definition) is 3. The fourth-order valence-electron chi connectivity index (χ4n) is 4.85. The van der Waals surface area contributed by atoms with Crippen LogP contribution in [0.4, 0.5) is 10.1 Å². The third-order valence-corrected chi connectivity index (χ3v) is 6.81. The van der Waals surface area contributed by atoms with Crippen molar-refractivity contribution in [3.63, 3.8) is 0 Å². The van der Waals surface area contributed by atoms with Crippen molar-refractivity contribution in [1.29, 1.82) is 0 Å². The lowest BCUT2D eigenvalue weighted by Gasteiger charge is -2.28. The molecular weight excluding hydrogens is 445 g/mol. The smallest absolute Gasteiger partial charge is 0.174 e. The summed E-state index contributed by atoms with van der Waals surface area (Å²) in [5, 5.41) is 4.07. The molecular formula is C27H26FN5S. The Morgan fingerprint density at radius 3 is 2.41 bits per heavy atom. The summed E-state index contributed by atoms with van der Waals surface area (Å²) in [7, 11) is 0. The number of nitrogens with zero attached hydrogens (tertiary/aromatic N) is 4. The summed E-state index contributed by atoms with van der Waals surface area (Å²) in [4.78, 5) is 11.4. The van der Waals surface area contributed by atoms with E-state index in [1.165, 1.54) is 6.07 Å². The molecule has 1 aromatic carbocycles. The lowest BCUT2D eigenvalue weighted by Crippen LogP contribution is -2.29. The van der Waals surface area contributed by atoms with Crippen LogP contribution in [-0.4, -0.2) is 19.6 Å². The summed E-state index contributed by atoms with van der Waals surface area (Å²) in [6, 6.07) is 16.9. The molecule has 172 valence electrons. The number of benzene rings is 1. The van der Waals surface area contributed by atoms with Gasteiger partial charge in [0.1, 0.15) is 11.6 Å². The molecule has 3 aromatic heterocycles. The number of thiocarbonyl (C=S) groups is 1. The molecule has 1 aliphatic rings. The lowest BCUT2D eigenvalue weighted by atomic mass is 9.96. The highest BCUT2D eigenvalue weighted by atomic mass is 32.1. The molecule has 1 saturated heterocycles. The first kappa shape index (κ1) is 22.2. The second-order valence-corrected chi connectivity index (χ2v) is 9.12. The number of nitrogens with one attached hydrogen (secondary N) is 1. The third-order valence-electron chi connectivity index (χ3n) is 6.50. The molecule has 0 bridgehead atoms. The van der Waals surface area contributed by atoms with E-state index in [1.807, 2.05) is 36.5 Å². The molecule has 4 aromatic rings. The Morgan fingerprint density at radius 2 is 1.71 bits per heavy atom. The van der Waals surface area contributed by atoms with E-state index < -0.39 is 0 Å². The second kappa shape index (κ2) is 8.65. The van der Waals surface area contributed by atoms with Gasteiger partial charge in [-0.25, -0.2) is 9.37 Å². The van der Waals surface area contributed by atoms with Gasteiger partial charge in [0.25, 0.3) is 0 Å². The number of pyridine rings is 2. The highest BCUT2D eigenvalue weighted by Crippen LogP contribution is 2.44. The zero-order valence-electron chi connectivity index (χ0n) is 19.6. The van der Waals surface area contributed by atoms with Crippen LogP contribution in [0.25, 0.3) is 5.82 Å². The van der Waals surface area contributed by atoms with Crippen molar-refractivity contribution in [3.05, 3.63) is 107 Å². The fourth-order valence-corrected chi connectivity index (χ4v) is 5.20. The van der Waals surface area contributed by atoms with Crippen molar-refractivity contribution in [2.24, 2.45) is 0 Å². The normalized spacial score (nSPS) is 17.8. The summed E-state index contributed by atoms with van der Waals surface area (Å²) in [5.41, 5.74) is 6.71. The molecule has 0 amide bonds. The summed E-state index contributed by atoms with van der Waals surface area (Å²) >= 11 is 5.82. The number of anilines is 1. The third kappa shape index (κ3) is 3.66.